The Kier molecular flexibility index (Phi) is 5.32. The second-order valence-electron chi connectivity index (χ2n) is 5.82. The number of aryl methyl sites for hydroxylation is 1. The lowest BCUT2D eigenvalue weighted by molar-refractivity contribution is -0.385. The predicted octanol–water partition coefficient (Wildman–Crippen LogP) is 3.44. The van der Waals surface area contributed by atoms with Crippen molar-refractivity contribution < 1.29 is 28.7 Å². The van der Waals surface area contributed by atoms with Crippen LogP contribution in [0.5, 0.6) is 11.5 Å². The summed E-state index contributed by atoms with van der Waals surface area (Å²) in [4.78, 5) is 35.9. The molecule has 2 heterocycles. The highest BCUT2D eigenvalue weighted by Gasteiger charge is 2.23. The van der Waals surface area contributed by atoms with Crippen LogP contribution in [0.3, 0.4) is 0 Å². The van der Waals surface area contributed by atoms with Crippen molar-refractivity contribution in [3.8, 4) is 11.5 Å². The molecule has 0 bridgehead atoms. The van der Waals surface area contributed by atoms with Crippen molar-refractivity contribution in [3.05, 3.63) is 49.9 Å². The van der Waals surface area contributed by atoms with Crippen molar-refractivity contribution in [1.29, 1.82) is 0 Å². The van der Waals surface area contributed by atoms with E-state index in [0.29, 0.717) is 16.3 Å². The Morgan fingerprint density at radius 2 is 1.96 bits per heavy atom. The number of carbonyl (C=O) groups excluding carboxylic acids is 2. The zero-order valence-electron chi connectivity index (χ0n) is 15.2. The van der Waals surface area contributed by atoms with Crippen LogP contribution in [0, 0.1) is 24.0 Å². The number of hydrogen-bond donors (Lipinski definition) is 1. The van der Waals surface area contributed by atoms with E-state index in [1.165, 1.54) is 36.7 Å². The molecule has 0 fully saturated rings. The van der Waals surface area contributed by atoms with E-state index in [1.54, 1.807) is 6.92 Å². The lowest BCUT2D eigenvalue weighted by Gasteiger charge is -2.04. The topological polar surface area (TPSA) is 117 Å². The van der Waals surface area contributed by atoms with E-state index in [4.69, 9.17) is 14.2 Å². The molecule has 0 spiro atoms. The smallest absolute Gasteiger partial charge is 0.341 e. The molecule has 1 aliphatic heterocycles. The van der Waals surface area contributed by atoms with Crippen LogP contribution in [0.2, 0.25) is 0 Å². The molecular weight excluding hydrogens is 388 g/mol. The number of methoxy groups -OCH3 is 1. The maximum atomic E-state index is 12.3. The number of fused-ring (bicyclic) bond motifs is 1. The molecule has 9 nitrogen and oxygen atoms in total. The van der Waals surface area contributed by atoms with Gasteiger partial charge in [-0.1, -0.05) is 0 Å². The maximum Gasteiger partial charge on any atom is 0.341 e. The van der Waals surface area contributed by atoms with Gasteiger partial charge in [-0.2, -0.15) is 0 Å². The normalized spacial score (nSPS) is 12.2. The number of esters is 1. The first kappa shape index (κ1) is 19.4. The van der Waals surface area contributed by atoms with Gasteiger partial charge >= 0.3 is 5.97 Å². The molecule has 3 rings (SSSR count). The van der Waals surface area contributed by atoms with E-state index in [0.717, 1.165) is 16.5 Å². The second-order valence-corrected chi connectivity index (χ2v) is 7.05. The fourth-order valence-corrected chi connectivity index (χ4v) is 3.67. The number of nitrogens with one attached hydrogen (secondary N) is 1. The number of amides is 1. The van der Waals surface area contributed by atoms with Crippen molar-refractivity contribution in [1.82, 2.24) is 0 Å². The first-order valence-corrected chi connectivity index (χ1v) is 8.89. The fourth-order valence-electron chi connectivity index (χ4n) is 2.62. The third kappa shape index (κ3) is 3.67. The van der Waals surface area contributed by atoms with Gasteiger partial charge in [-0.3, -0.25) is 14.9 Å². The summed E-state index contributed by atoms with van der Waals surface area (Å²) < 4.78 is 15.1. The first-order chi connectivity index (χ1) is 13.3. The van der Waals surface area contributed by atoms with E-state index >= 15 is 0 Å². The van der Waals surface area contributed by atoms with Crippen LogP contribution in [-0.4, -0.2) is 30.7 Å². The van der Waals surface area contributed by atoms with E-state index in [-0.39, 0.29) is 23.8 Å². The molecule has 1 N–H and O–H groups in total. The number of nitrogens with zero attached hydrogens (tertiary/aromatic N) is 1. The van der Waals surface area contributed by atoms with Crippen LogP contribution in [-0.2, 0) is 9.53 Å². The number of nitro benzene ring substituents is 1. The molecule has 0 atom stereocenters. The molecule has 146 valence electrons. The van der Waals surface area contributed by atoms with Crippen molar-refractivity contribution in [3.63, 3.8) is 0 Å². The van der Waals surface area contributed by atoms with Crippen molar-refractivity contribution in [2.45, 2.75) is 13.8 Å². The van der Waals surface area contributed by atoms with Gasteiger partial charge < -0.3 is 19.5 Å². The average molecular weight is 404 g/mol. The summed E-state index contributed by atoms with van der Waals surface area (Å²) in [5.74, 6) is -0.449. The van der Waals surface area contributed by atoms with E-state index in [9.17, 15) is 19.7 Å². The molecule has 0 saturated heterocycles. The molecule has 0 saturated carbocycles. The van der Waals surface area contributed by atoms with Gasteiger partial charge in [0.1, 0.15) is 5.00 Å². The summed E-state index contributed by atoms with van der Waals surface area (Å²) >= 11 is 1.25. The third-order valence-corrected chi connectivity index (χ3v) is 5.27. The molecule has 0 unspecified atom stereocenters. The van der Waals surface area contributed by atoms with Crippen molar-refractivity contribution >= 4 is 40.0 Å². The van der Waals surface area contributed by atoms with Gasteiger partial charge in [0.25, 0.3) is 5.69 Å². The van der Waals surface area contributed by atoms with Gasteiger partial charge in [-0.25, -0.2) is 4.79 Å². The number of carbonyl (C=O) groups is 2. The minimum Gasteiger partial charge on any atom is -0.465 e. The molecule has 10 heteroatoms. The lowest BCUT2D eigenvalue weighted by atomic mass is 10.1. The van der Waals surface area contributed by atoms with Crippen LogP contribution >= 0.6 is 11.3 Å². The van der Waals surface area contributed by atoms with Gasteiger partial charge in [0.05, 0.1) is 29.2 Å². The Hall–Kier alpha value is -3.40. The molecular formula is C18H16N2O7S. The Bertz CT molecular complexity index is 1010. The van der Waals surface area contributed by atoms with Gasteiger partial charge in [-0.15, -0.1) is 11.3 Å². The summed E-state index contributed by atoms with van der Waals surface area (Å²) in [5.41, 5.74) is 0.992. The zero-order valence-corrected chi connectivity index (χ0v) is 16.0. The number of ether oxygens (including phenoxy) is 3. The quantitative estimate of drug-likeness (QED) is 0.351. The summed E-state index contributed by atoms with van der Waals surface area (Å²) in [5, 5.41) is 14.3. The number of nitro groups is 1. The van der Waals surface area contributed by atoms with Crippen LogP contribution in [0.25, 0.3) is 6.08 Å². The number of thiophene rings is 1. The minimum atomic E-state index is -0.569. The molecule has 1 aromatic heterocycles. The predicted molar refractivity (Wildman–Crippen MR) is 102 cm³/mol. The molecule has 1 aliphatic rings. The maximum absolute atomic E-state index is 12.3. The van der Waals surface area contributed by atoms with Crippen LogP contribution in [0.1, 0.15) is 26.4 Å². The summed E-state index contributed by atoms with van der Waals surface area (Å²) in [6.07, 6.45) is 2.45. The zero-order chi connectivity index (χ0) is 20.4. The van der Waals surface area contributed by atoms with E-state index < -0.39 is 16.8 Å². The third-order valence-electron chi connectivity index (χ3n) is 4.14. The molecule has 0 radical (unpaired) electrons. The molecule has 1 aromatic carbocycles. The van der Waals surface area contributed by atoms with Crippen molar-refractivity contribution in [2.24, 2.45) is 0 Å². The first-order valence-electron chi connectivity index (χ1n) is 8.07. The molecule has 2 aromatic rings. The molecule has 0 aliphatic carbocycles. The Balaban J connectivity index is 1.85. The van der Waals surface area contributed by atoms with Crippen LogP contribution in [0.15, 0.2) is 18.2 Å². The summed E-state index contributed by atoms with van der Waals surface area (Å²) in [7, 11) is 1.26. The number of anilines is 1. The number of rotatable bonds is 5. The van der Waals surface area contributed by atoms with Crippen LogP contribution < -0.4 is 14.8 Å². The Morgan fingerprint density at radius 1 is 1.29 bits per heavy atom. The standard InChI is InChI=1S/C18H16N2O7S/c1-9-10(2)28-17(16(9)18(22)25-3)19-15(21)5-4-11-6-13-14(27-8-26-13)7-12(11)20(23)24/h4-7H,8H2,1-3H3,(H,19,21)/b5-4+. The summed E-state index contributed by atoms with van der Waals surface area (Å²) in [6, 6.07) is 2.69. The summed E-state index contributed by atoms with van der Waals surface area (Å²) in [6.45, 7) is 3.57. The SMILES string of the molecule is COC(=O)c1c(NC(=O)/C=C/c2cc3c(cc2[N+](=O)[O-])OCO3)sc(C)c1C. The minimum absolute atomic E-state index is 0.0203. The van der Waals surface area contributed by atoms with E-state index in [2.05, 4.69) is 5.32 Å². The van der Waals surface area contributed by atoms with Crippen LogP contribution in [0.4, 0.5) is 10.7 Å². The Labute approximate surface area is 163 Å². The van der Waals surface area contributed by atoms with Gasteiger partial charge in [0, 0.05) is 11.0 Å². The molecule has 1 amide bonds. The molecule has 28 heavy (non-hydrogen) atoms. The number of hydrogen-bond acceptors (Lipinski definition) is 8. The van der Waals surface area contributed by atoms with Crippen molar-refractivity contribution in [2.75, 3.05) is 19.2 Å². The average Bonchev–Trinajstić information content (AvgIpc) is 3.22. The highest BCUT2D eigenvalue weighted by molar-refractivity contribution is 7.16. The highest BCUT2D eigenvalue weighted by Crippen LogP contribution is 2.38. The monoisotopic (exact) mass is 404 g/mol. The number of benzene rings is 1. The van der Waals surface area contributed by atoms with E-state index in [1.807, 2.05) is 6.92 Å². The fraction of sp³-hybridized carbons (Fsp3) is 0.222. The largest absolute Gasteiger partial charge is 0.465 e. The van der Waals surface area contributed by atoms with Gasteiger partial charge in [-0.05, 0) is 31.6 Å². The Morgan fingerprint density at radius 3 is 2.61 bits per heavy atom. The highest BCUT2D eigenvalue weighted by atomic mass is 32.1. The second kappa shape index (κ2) is 7.69. The van der Waals surface area contributed by atoms with Gasteiger partial charge in [0.2, 0.25) is 12.7 Å². The lowest BCUT2D eigenvalue weighted by Crippen LogP contribution is -2.11. The van der Waals surface area contributed by atoms with Gasteiger partial charge in [0.15, 0.2) is 11.5 Å².